The molecule has 1 N–H and O–H groups in total. The number of nitrogens with one attached hydrogen (secondary N) is 1. The van der Waals surface area contributed by atoms with Gasteiger partial charge in [0.25, 0.3) is 0 Å². The van der Waals surface area contributed by atoms with Crippen LogP contribution in [0.4, 0.5) is 11.6 Å². The first-order valence-corrected chi connectivity index (χ1v) is 13.0. The second-order valence-corrected chi connectivity index (χ2v) is 10.3. The molecule has 36 heavy (non-hydrogen) atoms. The molecule has 0 atom stereocenters. The third kappa shape index (κ3) is 4.01. The first kappa shape index (κ1) is 22.4. The smallest absolute Gasteiger partial charge is 0.172 e. The fraction of sp³-hybridized carbons (Fsp3) is 0.250. The van der Waals surface area contributed by atoms with Gasteiger partial charge in [-0.3, -0.25) is 0 Å². The predicted octanol–water partition coefficient (Wildman–Crippen LogP) is 6.02. The van der Waals surface area contributed by atoms with Crippen molar-refractivity contribution in [2.75, 3.05) is 23.3 Å². The van der Waals surface area contributed by atoms with Crippen molar-refractivity contribution >= 4 is 43.4 Å². The van der Waals surface area contributed by atoms with Crippen LogP contribution in [0.25, 0.3) is 31.6 Å². The van der Waals surface area contributed by atoms with Crippen LogP contribution in [-0.2, 0) is 6.54 Å². The third-order valence-electron chi connectivity index (χ3n) is 6.86. The summed E-state index contributed by atoms with van der Waals surface area (Å²) in [5.41, 5.74) is 4.18. The van der Waals surface area contributed by atoms with E-state index < -0.39 is 0 Å². The summed E-state index contributed by atoms with van der Waals surface area (Å²) in [6, 6.07) is 22.6. The third-order valence-corrected chi connectivity index (χ3v) is 7.93. The number of hydrogen-bond acceptors (Lipinski definition) is 8. The Labute approximate surface area is 213 Å². The highest BCUT2D eigenvalue weighted by Gasteiger charge is 2.26. The number of rotatable bonds is 5. The fourth-order valence-corrected chi connectivity index (χ4v) is 5.99. The standard InChI is InChI=1S/C28H25N7S/c1-18-12-14-35(15-13-18)27-25-24(32-34-33-27)23-22(20-10-6-3-7-11-20)21(16-29)26(31-28(23)36-25)30-17-19-8-4-2-5-9-19/h2-11,18H,12-15,17H2,1H3,(H,30,31). The van der Waals surface area contributed by atoms with Gasteiger partial charge >= 0.3 is 0 Å². The van der Waals surface area contributed by atoms with Crippen LogP contribution in [0.2, 0.25) is 0 Å². The molecule has 0 aliphatic carbocycles. The lowest BCUT2D eigenvalue weighted by atomic mass is 9.97. The molecule has 0 spiro atoms. The zero-order chi connectivity index (χ0) is 24.5. The number of pyridine rings is 1. The highest BCUT2D eigenvalue weighted by Crippen LogP contribution is 2.44. The summed E-state index contributed by atoms with van der Waals surface area (Å²) in [6.07, 6.45) is 2.27. The summed E-state index contributed by atoms with van der Waals surface area (Å²) in [6.45, 7) is 4.78. The van der Waals surface area contributed by atoms with Gasteiger partial charge in [-0.2, -0.15) is 5.26 Å². The minimum absolute atomic E-state index is 0.510. The van der Waals surface area contributed by atoms with Crippen molar-refractivity contribution in [3.8, 4) is 17.2 Å². The number of thiophene rings is 1. The maximum absolute atomic E-state index is 10.3. The van der Waals surface area contributed by atoms with E-state index in [2.05, 4.69) is 50.8 Å². The number of nitriles is 1. The molecular formula is C28H25N7S. The number of nitrogens with zero attached hydrogens (tertiary/aromatic N) is 6. The van der Waals surface area contributed by atoms with E-state index in [0.29, 0.717) is 17.9 Å². The second-order valence-electron chi connectivity index (χ2n) is 9.27. The van der Waals surface area contributed by atoms with Gasteiger partial charge in [-0.15, -0.1) is 21.5 Å². The van der Waals surface area contributed by atoms with Crippen LogP contribution >= 0.6 is 11.3 Å². The monoisotopic (exact) mass is 491 g/mol. The van der Waals surface area contributed by atoms with Crippen LogP contribution < -0.4 is 10.2 Å². The van der Waals surface area contributed by atoms with Crippen molar-refractivity contribution in [1.82, 2.24) is 20.4 Å². The van der Waals surface area contributed by atoms with Gasteiger partial charge in [0.15, 0.2) is 5.82 Å². The Morgan fingerprint density at radius 1 is 1.03 bits per heavy atom. The van der Waals surface area contributed by atoms with E-state index in [-0.39, 0.29) is 0 Å². The predicted molar refractivity (Wildman–Crippen MR) is 145 cm³/mol. The van der Waals surface area contributed by atoms with E-state index in [4.69, 9.17) is 4.98 Å². The van der Waals surface area contributed by atoms with Gasteiger partial charge in [-0.1, -0.05) is 67.6 Å². The highest BCUT2D eigenvalue weighted by molar-refractivity contribution is 7.26. The summed E-state index contributed by atoms with van der Waals surface area (Å²) in [5.74, 6) is 2.16. The zero-order valence-electron chi connectivity index (χ0n) is 20.0. The number of fused-ring (bicyclic) bond motifs is 3. The van der Waals surface area contributed by atoms with Crippen LogP contribution in [0, 0.1) is 17.2 Å². The number of aromatic nitrogens is 4. The zero-order valence-corrected chi connectivity index (χ0v) is 20.8. The van der Waals surface area contributed by atoms with Crippen molar-refractivity contribution in [3.05, 3.63) is 71.8 Å². The average Bonchev–Trinajstić information content (AvgIpc) is 3.31. The average molecular weight is 492 g/mol. The summed E-state index contributed by atoms with van der Waals surface area (Å²) in [7, 11) is 0. The maximum atomic E-state index is 10.3. The molecule has 7 nitrogen and oxygen atoms in total. The molecule has 4 heterocycles. The van der Waals surface area contributed by atoms with E-state index in [9.17, 15) is 5.26 Å². The second kappa shape index (κ2) is 9.51. The van der Waals surface area contributed by atoms with Gasteiger partial charge in [-0.25, -0.2) is 4.98 Å². The van der Waals surface area contributed by atoms with Gasteiger partial charge in [0.1, 0.15) is 32.5 Å². The van der Waals surface area contributed by atoms with Gasteiger partial charge in [0, 0.05) is 30.6 Å². The van der Waals surface area contributed by atoms with Crippen LogP contribution in [0.5, 0.6) is 0 Å². The van der Waals surface area contributed by atoms with Crippen molar-refractivity contribution in [2.45, 2.75) is 26.3 Å². The van der Waals surface area contributed by atoms with Crippen LogP contribution in [0.1, 0.15) is 30.9 Å². The SMILES string of the molecule is CC1CCN(c2nnnc3c2sc2nc(NCc4ccccc4)c(C#N)c(-c4ccccc4)c23)CC1. The number of hydrogen-bond donors (Lipinski definition) is 1. The summed E-state index contributed by atoms with van der Waals surface area (Å²) in [5, 5.41) is 27.7. The van der Waals surface area contributed by atoms with Crippen LogP contribution in [0.3, 0.4) is 0 Å². The lowest BCUT2D eigenvalue weighted by Crippen LogP contribution is -2.33. The molecular weight excluding hydrogens is 466 g/mol. The van der Waals surface area contributed by atoms with E-state index in [1.807, 2.05) is 48.5 Å². The Kier molecular flexibility index (Phi) is 5.91. The summed E-state index contributed by atoms with van der Waals surface area (Å²) in [4.78, 5) is 8.09. The Morgan fingerprint density at radius 2 is 1.75 bits per heavy atom. The first-order valence-electron chi connectivity index (χ1n) is 12.2. The Hall–Kier alpha value is -4.09. The quantitative estimate of drug-likeness (QED) is 0.321. The topological polar surface area (TPSA) is 90.6 Å². The van der Waals surface area contributed by atoms with Gasteiger partial charge in [0.2, 0.25) is 0 Å². The molecule has 3 aromatic heterocycles. The van der Waals surface area contributed by atoms with Crippen molar-refractivity contribution in [3.63, 3.8) is 0 Å². The normalized spacial score (nSPS) is 14.3. The molecule has 2 aromatic carbocycles. The van der Waals surface area contributed by atoms with E-state index in [1.54, 1.807) is 11.3 Å². The van der Waals surface area contributed by atoms with Crippen LogP contribution in [0.15, 0.2) is 60.7 Å². The Morgan fingerprint density at radius 3 is 2.47 bits per heavy atom. The van der Waals surface area contributed by atoms with Crippen molar-refractivity contribution in [2.24, 2.45) is 5.92 Å². The number of benzene rings is 2. The van der Waals surface area contributed by atoms with E-state index >= 15 is 0 Å². The molecule has 178 valence electrons. The highest BCUT2D eigenvalue weighted by atomic mass is 32.1. The fourth-order valence-electron chi connectivity index (χ4n) is 4.86. The minimum atomic E-state index is 0.510. The molecule has 8 heteroatoms. The van der Waals surface area contributed by atoms with Gasteiger partial charge in [0.05, 0.1) is 0 Å². The molecule has 0 saturated carbocycles. The first-order chi connectivity index (χ1) is 17.7. The molecule has 0 unspecified atom stereocenters. The maximum Gasteiger partial charge on any atom is 0.172 e. The molecule has 1 aliphatic rings. The number of piperidine rings is 1. The molecule has 6 rings (SSSR count). The number of anilines is 2. The summed E-state index contributed by atoms with van der Waals surface area (Å²) >= 11 is 1.58. The largest absolute Gasteiger partial charge is 0.365 e. The Bertz CT molecular complexity index is 1570. The molecule has 1 fully saturated rings. The van der Waals surface area contributed by atoms with Crippen molar-refractivity contribution < 1.29 is 0 Å². The Balaban J connectivity index is 1.56. The van der Waals surface area contributed by atoms with E-state index in [1.165, 1.54) is 0 Å². The minimum Gasteiger partial charge on any atom is -0.365 e. The lowest BCUT2D eigenvalue weighted by molar-refractivity contribution is 0.436. The molecule has 0 radical (unpaired) electrons. The summed E-state index contributed by atoms with van der Waals surface area (Å²) < 4.78 is 0.975. The molecule has 0 amide bonds. The molecule has 5 aromatic rings. The van der Waals surface area contributed by atoms with Gasteiger partial charge < -0.3 is 10.2 Å². The molecule has 0 bridgehead atoms. The van der Waals surface area contributed by atoms with Gasteiger partial charge in [-0.05, 0) is 35.1 Å². The molecule has 1 aliphatic heterocycles. The lowest BCUT2D eigenvalue weighted by Gasteiger charge is -2.30. The van der Waals surface area contributed by atoms with Crippen molar-refractivity contribution in [1.29, 1.82) is 5.26 Å². The van der Waals surface area contributed by atoms with E-state index in [0.717, 1.165) is 74.8 Å². The molecule has 1 saturated heterocycles. The van der Waals surface area contributed by atoms with Crippen LogP contribution in [-0.4, -0.2) is 33.5 Å².